The van der Waals surface area contributed by atoms with Crippen LogP contribution in [0.15, 0.2) is 24.4 Å². The lowest BCUT2D eigenvalue weighted by molar-refractivity contribution is 0.540. The van der Waals surface area contributed by atoms with Crippen molar-refractivity contribution in [3.63, 3.8) is 0 Å². The van der Waals surface area contributed by atoms with Gasteiger partial charge < -0.3 is 10.6 Å². The first kappa shape index (κ1) is 13.2. The lowest BCUT2D eigenvalue weighted by atomic mass is 9.96. The van der Waals surface area contributed by atoms with E-state index in [9.17, 15) is 0 Å². The maximum absolute atomic E-state index is 3.95. The van der Waals surface area contributed by atoms with Crippen molar-refractivity contribution in [2.75, 3.05) is 13.6 Å². The molecule has 0 bridgehead atoms. The van der Waals surface area contributed by atoms with Gasteiger partial charge in [-0.1, -0.05) is 33.4 Å². The van der Waals surface area contributed by atoms with E-state index in [4.69, 9.17) is 0 Å². The van der Waals surface area contributed by atoms with Crippen molar-refractivity contribution in [2.45, 2.75) is 33.7 Å². The van der Waals surface area contributed by atoms with E-state index in [1.165, 1.54) is 0 Å². The molecule has 2 N–H and O–H groups in total. The molecule has 14 heavy (non-hydrogen) atoms. The average Bonchev–Trinajstić information content (AvgIpc) is 2.00. The Labute approximate surface area is 88.5 Å². The minimum Gasteiger partial charge on any atom is -0.382 e. The molecule has 2 heteroatoms. The van der Waals surface area contributed by atoms with Crippen LogP contribution in [0.4, 0.5) is 0 Å². The molecule has 0 heterocycles. The molecule has 0 aliphatic heterocycles. The molecule has 0 spiro atoms. The Morgan fingerprint density at radius 2 is 2.00 bits per heavy atom. The lowest BCUT2D eigenvalue weighted by Gasteiger charge is -2.16. The first-order valence-electron chi connectivity index (χ1n) is 5.14. The van der Waals surface area contributed by atoms with Gasteiger partial charge in [0.15, 0.2) is 0 Å². The van der Waals surface area contributed by atoms with Gasteiger partial charge in [0.1, 0.15) is 0 Å². The van der Waals surface area contributed by atoms with Crippen molar-refractivity contribution < 1.29 is 0 Å². The second-order valence-electron chi connectivity index (χ2n) is 4.83. The van der Waals surface area contributed by atoms with Crippen LogP contribution in [0.25, 0.3) is 0 Å². The Morgan fingerprint density at radius 1 is 1.43 bits per heavy atom. The van der Waals surface area contributed by atoms with Crippen LogP contribution in [0.2, 0.25) is 0 Å². The van der Waals surface area contributed by atoms with Crippen LogP contribution >= 0.6 is 0 Å². The van der Waals surface area contributed by atoms with Gasteiger partial charge in [-0.05, 0) is 25.5 Å². The number of rotatable bonds is 5. The molecule has 0 aliphatic carbocycles. The van der Waals surface area contributed by atoms with E-state index in [1.807, 2.05) is 13.1 Å². The number of allylic oxidation sites excluding steroid dienone is 2. The summed E-state index contributed by atoms with van der Waals surface area (Å²) in [6, 6.07) is 0.414. The molecule has 0 radical (unpaired) electrons. The summed E-state index contributed by atoms with van der Waals surface area (Å²) in [5, 5.41) is 6.43. The molecule has 0 aromatic rings. The smallest absolute Gasteiger partial charge is 0.0357 e. The molecule has 0 aromatic heterocycles. The topological polar surface area (TPSA) is 24.1 Å². The Hall–Kier alpha value is -0.760. The molecule has 0 amide bonds. The van der Waals surface area contributed by atoms with Crippen molar-refractivity contribution in [2.24, 2.45) is 5.41 Å². The summed E-state index contributed by atoms with van der Waals surface area (Å²) in [6.45, 7) is 13.6. The molecule has 0 rings (SSSR count). The molecule has 0 aromatic carbocycles. The summed E-state index contributed by atoms with van der Waals surface area (Å²) in [7, 11) is 1.95. The van der Waals surface area contributed by atoms with Crippen LogP contribution in [-0.2, 0) is 0 Å². The molecular weight excluding hydrogens is 172 g/mol. The van der Waals surface area contributed by atoms with Gasteiger partial charge >= 0.3 is 0 Å². The third-order valence-corrected chi connectivity index (χ3v) is 1.73. The number of hydrogen-bond acceptors (Lipinski definition) is 2. The highest BCUT2D eigenvalue weighted by Crippen LogP contribution is 2.15. The summed E-state index contributed by atoms with van der Waals surface area (Å²) < 4.78 is 0. The van der Waals surface area contributed by atoms with Gasteiger partial charge in [-0.25, -0.2) is 0 Å². The molecule has 0 fully saturated rings. The number of nitrogens with one attached hydrogen (secondary N) is 2. The molecule has 0 aliphatic rings. The van der Waals surface area contributed by atoms with Crippen molar-refractivity contribution in [1.29, 1.82) is 0 Å². The molecule has 1 unspecified atom stereocenters. The summed E-state index contributed by atoms with van der Waals surface area (Å²) in [6.07, 6.45) is 4.21. The minimum absolute atomic E-state index is 0.219. The van der Waals surface area contributed by atoms with E-state index in [0.717, 1.165) is 12.2 Å². The van der Waals surface area contributed by atoms with Crippen LogP contribution in [0.3, 0.4) is 0 Å². The third kappa shape index (κ3) is 7.87. The van der Waals surface area contributed by atoms with E-state index in [1.54, 1.807) is 0 Å². The second-order valence-corrected chi connectivity index (χ2v) is 4.83. The highest BCUT2D eigenvalue weighted by molar-refractivity contribution is 5.15. The van der Waals surface area contributed by atoms with Crippen molar-refractivity contribution in [3.8, 4) is 0 Å². The predicted octanol–water partition coefficient (Wildman–Crippen LogP) is 2.30. The summed E-state index contributed by atoms with van der Waals surface area (Å²) in [5.41, 5.74) is 1.19. The standard InChI is InChI=1S/C12H24N2/c1-10(7-8-12(3,4)5)14-11(2)9-13-6/h7-8,11,13-14H,1,9H2,2-6H3/b8-7-. The Balaban J connectivity index is 3.93. The van der Waals surface area contributed by atoms with Gasteiger partial charge in [-0.15, -0.1) is 0 Å². The summed E-state index contributed by atoms with van der Waals surface area (Å²) in [5.74, 6) is 0. The summed E-state index contributed by atoms with van der Waals surface area (Å²) >= 11 is 0. The van der Waals surface area contributed by atoms with Crippen LogP contribution in [-0.4, -0.2) is 19.6 Å². The fourth-order valence-corrected chi connectivity index (χ4v) is 1.07. The van der Waals surface area contributed by atoms with E-state index < -0.39 is 0 Å². The van der Waals surface area contributed by atoms with E-state index >= 15 is 0 Å². The van der Waals surface area contributed by atoms with Gasteiger partial charge in [0.25, 0.3) is 0 Å². The molecule has 82 valence electrons. The van der Waals surface area contributed by atoms with E-state index in [2.05, 4.69) is 51.0 Å². The van der Waals surface area contributed by atoms with E-state index in [0.29, 0.717) is 6.04 Å². The van der Waals surface area contributed by atoms with Gasteiger partial charge in [0.05, 0.1) is 0 Å². The van der Waals surface area contributed by atoms with Crippen LogP contribution in [0, 0.1) is 5.41 Å². The zero-order chi connectivity index (χ0) is 11.2. The van der Waals surface area contributed by atoms with Crippen LogP contribution in [0.5, 0.6) is 0 Å². The van der Waals surface area contributed by atoms with Gasteiger partial charge in [-0.3, -0.25) is 0 Å². The number of likely N-dealkylation sites (N-methyl/N-ethyl adjacent to an activating group) is 1. The van der Waals surface area contributed by atoms with Crippen molar-refractivity contribution >= 4 is 0 Å². The predicted molar refractivity (Wildman–Crippen MR) is 64.3 cm³/mol. The zero-order valence-corrected chi connectivity index (χ0v) is 10.1. The zero-order valence-electron chi connectivity index (χ0n) is 10.1. The average molecular weight is 196 g/mol. The van der Waals surface area contributed by atoms with Gasteiger partial charge in [-0.2, -0.15) is 0 Å². The quantitative estimate of drug-likeness (QED) is 0.659. The molecule has 1 atom stereocenters. The van der Waals surface area contributed by atoms with Gasteiger partial charge in [0, 0.05) is 18.3 Å². The highest BCUT2D eigenvalue weighted by atomic mass is 15.0. The van der Waals surface area contributed by atoms with Crippen molar-refractivity contribution in [1.82, 2.24) is 10.6 Å². The monoisotopic (exact) mass is 196 g/mol. The van der Waals surface area contributed by atoms with Gasteiger partial charge in [0.2, 0.25) is 0 Å². The SMILES string of the molecule is C=C(/C=C\C(C)(C)C)NC(C)CNC. The van der Waals surface area contributed by atoms with Crippen molar-refractivity contribution in [3.05, 3.63) is 24.4 Å². The number of hydrogen-bond donors (Lipinski definition) is 2. The Bertz CT molecular complexity index is 199. The van der Waals surface area contributed by atoms with E-state index in [-0.39, 0.29) is 5.41 Å². The minimum atomic E-state index is 0.219. The summed E-state index contributed by atoms with van der Waals surface area (Å²) in [4.78, 5) is 0. The molecule has 2 nitrogen and oxygen atoms in total. The largest absolute Gasteiger partial charge is 0.382 e. The van der Waals surface area contributed by atoms with Crippen LogP contribution < -0.4 is 10.6 Å². The highest BCUT2D eigenvalue weighted by Gasteiger charge is 2.04. The van der Waals surface area contributed by atoms with Crippen LogP contribution in [0.1, 0.15) is 27.7 Å². The Morgan fingerprint density at radius 3 is 2.43 bits per heavy atom. The third-order valence-electron chi connectivity index (χ3n) is 1.73. The maximum atomic E-state index is 3.95. The molecule has 0 saturated carbocycles. The first-order valence-corrected chi connectivity index (χ1v) is 5.14. The maximum Gasteiger partial charge on any atom is 0.0357 e. The fraction of sp³-hybridized carbons (Fsp3) is 0.667. The normalized spacial score (nSPS) is 14.4. The lowest BCUT2D eigenvalue weighted by Crippen LogP contribution is -2.33. The molecular formula is C12H24N2. The molecule has 0 saturated heterocycles. The first-order chi connectivity index (χ1) is 6.35. The Kier molecular flexibility index (Phi) is 5.55. The fourth-order valence-electron chi connectivity index (χ4n) is 1.07. The second kappa shape index (κ2) is 5.86.